The van der Waals surface area contributed by atoms with Crippen molar-refractivity contribution in [2.45, 2.75) is 77.6 Å². The van der Waals surface area contributed by atoms with Crippen LogP contribution in [0.15, 0.2) is 24.5 Å². The number of nitrogens with zero attached hydrogens (tertiary/aromatic N) is 1. The SMILES string of the molecule is CCCCCCCCCCCCc1ccc[n+](C)c1. The molecule has 0 unspecified atom stereocenters. The third kappa shape index (κ3) is 8.80. The zero-order valence-corrected chi connectivity index (χ0v) is 13.0. The molecule has 0 fully saturated rings. The van der Waals surface area contributed by atoms with Gasteiger partial charge in [-0.3, -0.25) is 0 Å². The number of hydrogen-bond acceptors (Lipinski definition) is 0. The third-order valence-electron chi connectivity index (χ3n) is 3.82. The van der Waals surface area contributed by atoms with Crippen LogP contribution in [0, 0.1) is 0 Å². The maximum Gasteiger partial charge on any atom is 0.171 e. The fourth-order valence-electron chi connectivity index (χ4n) is 2.61. The Balaban J connectivity index is 1.89. The summed E-state index contributed by atoms with van der Waals surface area (Å²) in [5, 5.41) is 0. The molecule has 0 aliphatic heterocycles. The molecular weight excluding hydrogens is 230 g/mol. The minimum Gasteiger partial charge on any atom is -0.208 e. The summed E-state index contributed by atoms with van der Waals surface area (Å²) in [7, 11) is 2.10. The maximum atomic E-state index is 2.28. The Kier molecular flexibility index (Phi) is 9.40. The quantitative estimate of drug-likeness (QED) is 0.391. The minimum absolute atomic E-state index is 1.24. The average Bonchev–Trinajstić information content (AvgIpc) is 2.41. The van der Waals surface area contributed by atoms with Gasteiger partial charge in [0.25, 0.3) is 0 Å². The van der Waals surface area contributed by atoms with Crippen LogP contribution in [0.3, 0.4) is 0 Å². The molecule has 0 atom stereocenters. The van der Waals surface area contributed by atoms with Gasteiger partial charge < -0.3 is 0 Å². The molecule has 0 aliphatic rings. The summed E-state index contributed by atoms with van der Waals surface area (Å²) < 4.78 is 2.14. The second-order valence-electron chi connectivity index (χ2n) is 5.81. The molecule has 0 N–H and O–H groups in total. The van der Waals surface area contributed by atoms with Gasteiger partial charge in [0, 0.05) is 11.6 Å². The van der Waals surface area contributed by atoms with E-state index in [0.717, 1.165) is 0 Å². The Morgan fingerprint density at radius 3 is 2.00 bits per heavy atom. The molecule has 1 heteroatoms. The molecule has 0 saturated heterocycles. The van der Waals surface area contributed by atoms with Crippen molar-refractivity contribution in [2.75, 3.05) is 0 Å². The summed E-state index contributed by atoms with van der Waals surface area (Å²) in [6.45, 7) is 2.28. The van der Waals surface area contributed by atoms with E-state index in [4.69, 9.17) is 0 Å². The van der Waals surface area contributed by atoms with Crippen LogP contribution in [0.1, 0.15) is 76.7 Å². The highest BCUT2D eigenvalue weighted by Crippen LogP contribution is 2.11. The Hall–Kier alpha value is -0.850. The third-order valence-corrected chi connectivity index (χ3v) is 3.82. The van der Waals surface area contributed by atoms with Gasteiger partial charge in [-0.05, 0) is 18.9 Å². The summed E-state index contributed by atoms with van der Waals surface area (Å²) in [4.78, 5) is 0. The first-order chi connectivity index (χ1) is 9.33. The van der Waals surface area contributed by atoms with Crippen LogP contribution in [0.25, 0.3) is 0 Å². The van der Waals surface area contributed by atoms with Crippen molar-refractivity contribution in [3.05, 3.63) is 30.1 Å². The van der Waals surface area contributed by atoms with Crippen molar-refractivity contribution in [1.29, 1.82) is 0 Å². The molecule has 108 valence electrons. The lowest BCUT2D eigenvalue weighted by molar-refractivity contribution is -0.671. The second kappa shape index (κ2) is 11.0. The normalized spacial score (nSPS) is 10.8. The highest BCUT2D eigenvalue weighted by atomic mass is 14.9. The van der Waals surface area contributed by atoms with E-state index in [-0.39, 0.29) is 0 Å². The van der Waals surface area contributed by atoms with Crippen molar-refractivity contribution >= 4 is 0 Å². The summed E-state index contributed by atoms with van der Waals surface area (Å²) in [6, 6.07) is 4.39. The van der Waals surface area contributed by atoms with E-state index in [9.17, 15) is 0 Å². The van der Waals surface area contributed by atoms with Gasteiger partial charge in [-0.1, -0.05) is 64.7 Å². The van der Waals surface area contributed by atoms with Gasteiger partial charge in [0.15, 0.2) is 12.4 Å². The molecule has 1 aromatic rings. The van der Waals surface area contributed by atoms with E-state index < -0.39 is 0 Å². The van der Waals surface area contributed by atoms with Crippen LogP contribution in [0.5, 0.6) is 0 Å². The van der Waals surface area contributed by atoms with Crippen LogP contribution in [-0.2, 0) is 13.5 Å². The molecule has 1 heterocycles. The standard InChI is InChI=1S/C18H32N/c1-3-4-5-6-7-8-9-10-11-12-14-18-15-13-16-19(2)17-18/h13,15-17H,3-12,14H2,1-2H3/q+1. The van der Waals surface area contributed by atoms with Gasteiger partial charge in [0.05, 0.1) is 0 Å². The number of aromatic nitrogens is 1. The highest BCUT2D eigenvalue weighted by Gasteiger charge is 1.98. The molecule has 0 aromatic carbocycles. The summed E-state index contributed by atoms with van der Waals surface area (Å²) in [5.41, 5.74) is 1.48. The van der Waals surface area contributed by atoms with Crippen LogP contribution in [0.2, 0.25) is 0 Å². The van der Waals surface area contributed by atoms with Crippen LogP contribution >= 0.6 is 0 Å². The molecular formula is C18H32N+. The summed E-state index contributed by atoms with van der Waals surface area (Å²) in [6.07, 6.45) is 19.8. The van der Waals surface area contributed by atoms with E-state index in [1.54, 1.807) is 0 Å². The molecule has 0 saturated carbocycles. The van der Waals surface area contributed by atoms with Crippen LogP contribution in [0.4, 0.5) is 0 Å². The topological polar surface area (TPSA) is 3.88 Å². The predicted octanol–water partition coefficient (Wildman–Crippen LogP) is 4.97. The van der Waals surface area contributed by atoms with E-state index >= 15 is 0 Å². The second-order valence-corrected chi connectivity index (χ2v) is 5.81. The Morgan fingerprint density at radius 2 is 1.42 bits per heavy atom. The molecule has 0 radical (unpaired) electrons. The lowest BCUT2D eigenvalue weighted by Crippen LogP contribution is -2.26. The number of pyridine rings is 1. The van der Waals surface area contributed by atoms with E-state index in [1.165, 1.54) is 76.2 Å². The molecule has 0 aliphatic carbocycles. The Labute approximate surface area is 120 Å². The summed E-state index contributed by atoms with van der Waals surface area (Å²) in [5.74, 6) is 0. The van der Waals surface area contributed by atoms with E-state index in [2.05, 4.69) is 43.1 Å². The number of aryl methyl sites for hydroxylation is 2. The van der Waals surface area contributed by atoms with Crippen LogP contribution < -0.4 is 4.57 Å². The number of unbranched alkanes of at least 4 members (excludes halogenated alkanes) is 9. The lowest BCUT2D eigenvalue weighted by atomic mass is 10.0. The van der Waals surface area contributed by atoms with Gasteiger partial charge >= 0.3 is 0 Å². The predicted molar refractivity (Wildman–Crippen MR) is 83.2 cm³/mol. The molecule has 0 spiro atoms. The molecule has 0 amide bonds. The van der Waals surface area contributed by atoms with Gasteiger partial charge in [0.2, 0.25) is 0 Å². The first-order valence-corrected chi connectivity index (χ1v) is 8.27. The number of rotatable bonds is 11. The average molecular weight is 262 g/mol. The van der Waals surface area contributed by atoms with Crippen molar-refractivity contribution in [2.24, 2.45) is 7.05 Å². The monoisotopic (exact) mass is 262 g/mol. The van der Waals surface area contributed by atoms with Crippen LogP contribution in [-0.4, -0.2) is 0 Å². The first-order valence-electron chi connectivity index (χ1n) is 8.27. The van der Waals surface area contributed by atoms with E-state index in [1.807, 2.05) is 0 Å². The molecule has 0 bridgehead atoms. The minimum atomic E-state index is 1.24. The largest absolute Gasteiger partial charge is 0.208 e. The molecule has 1 rings (SSSR count). The zero-order valence-electron chi connectivity index (χ0n) is 13.0. The van der Waals surface area contributed by atoms with Gasteiger partial charge in [-0.2, -0.15) is 0 Å². The van der Waals surface area contributed by atoms with E-state index in [0.29, 0.717) is 0 Å². The summed E-state index contributed by atoms with van der Waals surface area (Å²) >= 11 is 0. The van der Waals surface area contributed by atoms with Gasteiger partial charge in [0.1, 0.15) is 7.05 Å². The lowest BCUT2D eigenvalue weighted by Gasteiger charge is -2.02. The molecule has 19 heavy (non-hydrogen) atoms. The highest BCUT2D eigenvalue weighted by molar-refractivity contribution is 5.05. The Bertz CT molecular complexity index is 319. The van der Waals surface area contributed by atoms with Gasteiger partial charge in [-0.25, -0.2) is 4.57 Å². The zero-order chi connectivity index (χ0) is 13.8. The molecule has 1 aromatic heterocycles. The van der Waals surface area contributed by atoms with Crippen molar-refractivity contribution in [1.82, 2.24) is 0 Å². The first kappa shape index (κ1) is 16.2. The van der Waals surface area contributed by atoms with Crippen molar-refractivity contribution < 1.29 is 4.57 Å². The smallest absolute Gasteiger partial charge is 0.171 e. The van der Waals surface area contributed by atoms with Crippen molar-refractivity contribution in [3.63, 3.8) is 0 Å². The van der Waals surface area contributed by atoms with Crippen molar-refractivity contribution in [3.8, 4) is 0 Å². The molecule has 1 nitrogen and oxygen atoms in total. The number of hydrogen-bond donors (Lipinski definition) is 0. The fourth-order valence-corrected chi connectivity index (χ4v) is 2.61. The Morgan fingerprint density at radius 1 is 0.842 bits per heavy atom. The maximum absolute atomic E-state index is 2.28. The van der Waals surface area contributed by atoms with Gasteiger partial charge in [-0.15, -0.1) is 0 Å². The fraction of sp³-hybridized carbons (Fsp3) is 0.722.